The molecule has 3 nitrogen and oxygen atoms in total. The Balaban J connectivity index is 2.17. The van der Waals surface area contributed by atoms with Crippen molar-refractivity contribution in [3.05, 3.63) is 51.8 Å². The van der Waals surface area contributed by atoms with Gasteiger partial charge in [0, 0.05) is 29.2 Å². The number of hydrogen-bond donors (Lipinski definition) is 1. The summed E-state index contributed by atoms with van der Waals surface area (Å²) >= 11 is 3.68. The molecule has 4 heteroatoms. The van der Waals surface area contributed by atoms with Crippen LogP contribution in [0.15, 0.2) is 34.9 Å². The van der Waals surface area contributed by atoms with Crippen molar-refractivity contribution in [2.45, 2.75) is 45.7 Å². The molecule has 1 heterocycles. The van der Waals surface area contributed by atoms with E-state index in [0.29, 0.717) is 6.04 Å². The first-order valence-electron chi connectivity index (χ1n) is 7.52. The highest BCUT2D eigenvalue weighted by molar-refractivity contribution is 9.10. The van der Waals surface area contributed by atoms with Crippen molar-refractivity contribution in [1.29, 1.82) is 0 Å². The number of likely N-dealkylation sites (N-methyl/N-ethyl adjacent to an activating group) is 1. The van der Waals surface area contributed by atoms with Crippen LogP contribution in [0.2, 0.25) is 0 Å². The van der Waals surface area contributed by atoms with Crippen molar-refractivity contribution < 1.29 is 0 Å². The van der Waals surface area contributed by atoms with Gasteiger partial charge in [-0.1, -0.05) is 35.0 Å². The van der Waals surface area contributed by atoms with Crippen molar-refractivity contribution in [2.75, 3.05) is 7.05 Å². The summed E-state index contributed by atoms with van der Waals surface area (Å²) in [6.07, 6.45) is 4.07. The lowest BCUT2D eigenvalue weighted by molar-refractivity contribution is 0.469. The molecule has 1 aromatic carbocycles. The fourth-order valence-corrected chi connectivity index (χ4v) is 3.18. The Morgan fingerprint density at radius 1 is 1.33 bits per heavy atom. The summed E-state index contributed by atoms with van der Waals surface area (Å²) in [6, 6.07) is 9.35. The van der Waals surface area contributed by atoms with Gasteiger partial charge in [-0.25, -0.2) is 0 Å². The van der Waals surface area contributed by atoms with Crippen LogP contribution < -0.4 is 5.32 Å². The van der Waals surface area contributed by atoms with Crippen molar-refractivity contribution in [1.82, 2.24) is 15.1 Å². The van der Waals surface area contributed by atoms with Gasteiger partial charge >= 0.3 is 0 Å². The fourth-order valence-electron chi connectivity index (χ4n) is 2.41. The summed E-state index contributed by atoms with van der Waals surface area (Å²) < 4.78 is 3.22. The van der Waals surface area contributed by atoms with E-state index in [2.05, 4.69) is 77.2 Å². The first-order valence-corrected chi connectivity index (χ1v) is 8.31. The lowest BCUT2D eigenvalue weighted by atomic mass is 10.0. The first-order chi connectivity index (χ1) is 10.0. The summed E-state index contributed by atoms with van der Waals surface area (Å²) in [5.74, 6) is 0. The molecule has 1 N–H and O–H groups in total. The molecule has 2 rings (SSSR count). The number of benzene rings is 1. The molecule has 2 aromatic rings. The second kappa shape index (κ2) is 7.23. The van der Waals surface area contributed by atoms with Crippen LogP contribution in [0.25, 0.3) is 0 Å². The van der Waals surface area contributed by atoms with Crippen LogP contribution in [0.5, 0.6) is 0 Å². The molecule has 114 valence electrons. The number of halogens is 1. The van der Waals surface area contributed by atoms with Gasteiger partial charge in [0.1, 0.15) is 0 Å². The normalized spacial score (nSPS) is 14.1. The highest BCUT2D eigenvalue weighted by atomic mass is 79.9. The first kappa shape index (κ1) is 16.2. The highest BCUT2D eigenvalue weighted by Gasteiger charge is 2.15. The molecule has 0 fully saturated rings. The molecule has 2 atom stereocenters. The molecular formula is C17H24BrN3. The Hall–Kier alpha value is -1.13. The van der Waals surface area contributed by atoms with E-state index in [1.54, 1.807) is 0 Å². The summed E-state index contributed by atoms with van der Waals surface area (Å²) in [6.45, 7) is 6.49. The van der Waals surface area contributed by atoms with Gasteiger partial charge in [0.05, 0.1) is 5.69 Å². The fraction of sp³-hybridized carbons (Fsp3) is 0.471. The van der Waals surface area contributed by atoms with Crippen molar-refractivity contribution >= 4 is 15.9 Å². The van der Waals surface area contributed by atoms with E-state index >= 15 is 0 Å². The molecule has 21 heavy (non-hydrogen) atoms. The van der Waals surface area contributed by atoms with Crippen LogP contribution in [0, 0.1) is 6.92 Å². The van der Waals surface area contributed by atoms with Gasteiger partial charge < -0.3 is 5.32 Å². The number of nitrogens with zero attached hydrogens (tertiary/aromatic N) is 2. The number of aromatic nitrogens is 2. The molecule has 0 radical (unpaired) electrons. The van der Waals surface area contributed by atoms with Crippen LogP contribution in [0.4, 0.5) is 0 Å². The third-order valence-corrected chi connectivity index (χ3v) is 4.69. The number of nitrogens with one attached hydrogen (secondary N) is 1. The molecule has 0 aliphatic heterocycles. The molecule has 0 saturated carbocycles. The maximum atomic E-state index is 4.70. The van der Waals surface area contributed by atoms with E-state index in [-0.39, 0.29) is 6.04 Å². The minimum atomic E-state index is 0.264. The summed E-state index contributed by atoms with van der Waals surface area (Å²) in [5.41, 5.74) is 3.67. The van der Waals surface area contributed by atoms with Crippen molar-refractivity contribution in [3.63, 3.8) is 0 Å². The molecule has 0 aliphatic carbocycles. The lowest BCUT2D eigenvalue weighted by Gasteiger charge is -2.17. The quantitative estimate of drug-likeness (QED) is 0.835. The molecule has 0 aliphatic rings. The standard InChI is InChI=1S/C17H24BrN3/c1-5-13(3)21-9-8-14(20-21)11-17(19-4)15-7-6-12(2)10-16(15)18/h6-10,13,17,19H,5,11H2,1-4H3. The van der Waals surface area contributed by atoms with Gasteiger partial charge in [0.15, 0.2) is 0 Å². The zero-order valence-electron chi connectivity index (χ0n) is 13.2. The van der Waals surface area contributed by atoms with Crippen LogP contribution in [0.3, 0.4) is 0 Å². The van der Waals surface area contributed by atoms with E-state index in [9.17, 15) is 0 Å². The Morgan fingerprint density at radius 3 is 2.71 bits per heavy atom. The number of hydrogen-bond acceptors (Lipinski definition) is 2. The minimum absolute atomic E-state index is 0.264. The third-order valence-electron chi connectivity index (χ3n) is 4.00. The largest absolute Gasteiger partial charge is 0.313 e. The topological polar surface area (TPSA) is 29.9 Å². The molecule has 0 saturated heterocycles. The van der Waals surface area contributed by atoms with Crippen LogP contribution in [-0.2, 0) is 6.42 Å². The van der Waals surface area contributed by atoms with Crippen molar-refractivity contribution in [3.8, 4) is 0 Å². The summed E-state index contributed by atoms with van der Waals surface area (Å²) in [5, 5.41) is 8.10. The van der Waals surface area contributed by atoms with Gasteiger partial charge in [0.2, 0.25) is 0 Å². The predicted octanol–water partition coefficient (Wildman–Crippen LogP) is 4.43. The van der Waals surface area contributed by atoms with Crippen LogP contribution >= 0.6 is 15.9 Å². The number of aryl methyl sites for hydroxylation is 1. The zero-order valence-corrected chi connectivity index (χ0v) is 14.8. The SMILES string of the molecule is CCC(C)n1ccc(CC(NC)c2ccc(C)cc2Br)n1. The third kappa shape index (κ3) is 3.95. The Kier molecular flexibility index (Phi) is 5.59. The van der Waals surface area contributed by atoms with Gasteiger partial charge in [0.25, 0.3) is 0 Å². The van der Waals surface area contributed by atoms with Crippen LogP contribution in [0.1, 0.15) is 49.2 Å². The van der Waals surface area contributed by atoms with E-state index < -0.39 is 0 Å². The Morgan fingerprint density at radius 2 is 2.10 bits per heavy atom. The monoisotopic (exact) mass is 349 g/mol. The Labute approximate surface area is 135 Å². The van der Waals surface area contributed by atoms with Gasteiger partial charge in [-0.3, -0.25) is 4.68 Å². The van der Waals surface area contributed by atoms with E-state index in [1.165, 1.54) is 11.1 Å². The van der Waals surface area contributed by atoms with E-state index in [1.807, 2.05) is 7.05 Å². The summed E-state index contributed by atoms with van der Waals surface area (Å²) in [7, 11) is 2.00. The second-order valence-corrected chi connectivity index (χ2v) is 6.47. The molecule has 0 bridgehead atoms. The highest BCUT2D eigenvalue weighted by Crippen LogP contribution is 2.27. The van der Waals surface area contributed by atoms with Gasteiger partial charge in [-0.05, 0) is 50.6 Å². The summed E-state index contributed by atoms with van der Waals surface area (Å²) in [4.78, 5) is 0. The van der Waals surface area contributed by atoms with Gasteiger partial charge in [-0.15, -0.1) is 0 Å². The van der Waals surface area contributed by atoms with Gasteiger partial charge in [-0.2, -0.15) is 5.10 Å². The maximum Gasteiger partial charge on any atom is 0.0643 e. The molecule has 0 spiro atoms. The average Bonchev–Trinajstić information content (AvgIpc) is 2.93. The molecule has 1 aromatic heterocycles. The molecular weight excluding hydrogens is 326 g/mol. The molecule has 0 amide bonds. The van der Waals surface area contributed by atoms with E-state index in [4.69, 9.17) is 5.10 Å². The molecule has 2 unspecified atom stereocenters. The second-order valence-electron chi connectivity index (χ2n) is 5.61. The number of rotatable bonds is 6. The van der Waals surface area contributed by atoms with Crippen LogP contribution in [-0.4, -0.2) is 16.8 Å². The zero-order chi connectivity index (χ0) is 15.4. The average molecular weight is 350 g/mol. The predicted molar refractivity (Wildman–Crippen MR) is 91.6 cm³/mol. The Bertz CT molecular complexity index is 591. The maximum absolute atomic E-state index is 4.70. The minimum Gasteiger partial charge on any atom is -0.313 e. The smallest absolute Gasteiger partial charge is 0.0643 e. The van der Waals surface area contributed by atoms with E-state index in [0.717, 1.165) is 23.0 Å². The van der Waals surface area contributed by atoms with Crippen molar-refractivity contribution in [2.24, 2.45) is 0 Å². The lowest BCUT2D eigenvalue weighted by Crippen LogP contribution is -2.20.